The van der Waals surface area contributed by atoms with E-state index in [-0.39, 0.29) is 0 Å². The zero-order valence-corrected chi connectivity index (χ0v) is 28.8. The highest BCUT2D eigenvalue weighted by molar-refractivity contribution is 6.83. The molecule has 0 radical (unpaired) electrons. The van der Waals surface area contributed by atoms with Crippen LogP contribution in [0.4, 0.5) is 11.4 Å². The zero-order valence-electron chi connectivity index (χ0n) is 26.8. The number of hydrogen-bond acceptors (Lipinski definition) is 2. The predicted octanol–water partition coefficient (Wildman–Crippen LogP) is 11.2. The Kier molecular flexibility index (Phi) is 10.6. The van der Waals surface area contributed by atoms with E-state index in [1.54, 1.807) is 0 Å². The van der Waals surface area contributed by atoms with E-state index in [0.29, 0.717) is 0 Å². The second kappa shape index (κ2) is 14.4. The van der Waals surface area contributed by atoms with Gasteiger partial charge >= 0.3 is 0 Å². The van der Waals surface area contributed by atoms with Gasteiger partial charge in [0.05, 0.1) is 11.4 Å². The van der Waals surface area contributed by atoms with Crippen molar-refractivity contribution in [3.63, 3.8) is 0 Å². The molecule has 5 rings (SSSR count). The second-order valence-electron chi connectivity index (χ2n) is 12.8. The van der Waals surface area contributed by atoms with Crippen molar-refractivity contribution < 1.29 is 0 Å². The molecule has 0 heterocycles. The molecule has 0 aliphatic rings. The molecular formula is C39H46N2Si2. The van der Waals surface area contributed by atoms with Gasteiger partial charge in [0.2, 0.25) is 0 Å². The van der Waals surface area contributed by atoms with Gasteiger partial charge in [0.1, 0.15) is 0 Å². The van der Waals surface area contributed by atoms with Crippen LogP contribution in [0.2, 0.25) is 39.3 Å². The van der Waals surface area contributed by atoms with E-state index in [0.717, 1.165) is 0 Å². The Balaban J connectivity index is 0.000000530. The first-order valence-electron chi connectivity index (χ1n) is 15.1. The maximum atomic E-state index is 2.65. The van der Waals surface area contributed by atoms with Crippen molar-refractivity contribution in [2.45, 2.75) is 46.2 Å². The first kappa shape index (κ1) is 31.8. The van der Waals surface area contributed by atoms with Crippen LogP contribution in [0.5, 0.6) is 0 Å². The lowest BCUT2D eigenvalue weighted by atomic mass is 10.0. The molecule has 0 aliphatic carbocycles. The zero-order chi connectivity index (χ0) is 30.9. The third-order valence-electron chi connectivity index (χ3n) is 7.08. The summed E-state index contributed by atoms with van der Waals surface area (Å²) in [6.07, 6.45) is 0. The first-order chi connectivity index (χ1) is 20.6. The van der Waals surface area contributed by atoms with Crippen LogP contribution < -0.4 is 9.13 Å². The van der Waals surface area contributed by atoms with Gasteiger partial charge in [-0.15, -0.1) is 0 Å². The van der Waals surface area contributed by atoms with E-state index in [9.17, 15) is 0 Å². The number of para-hydroxylation sites is 2. The lowest BCUT2D eigenvalue weighted by molar-refractivity contribution is 1.27. The minimum atomic E-state index is -1.91. The molecule has 5 aromatic rings. The SMILES string of the molecule is C[Si](C)(C)N(/C(=C(/c1ccccc1)N(c1ccccc1)[Si](C)(C)C)c1ccccc1)c1ccccc1.Cc1ccccc1. The molecule has 0 aromatic heterocycles. The highest BCUT2D eigenvalue weighted by Crippen LogP contribution is 2.42. The van der Waals surface area contributed by atoms with Gasteiger partial charge < -0.3 is 9.13 Å². The number of anilines is 2. The fourth-order valence-corrected chi connectivity index (χ4v) is 8.99. The van der Waals surface area contributed by atoms with Gasteiger partial charge in [-0.2, -0.15) is 0 Å². The van der Waals surface area contributed by atoms with Crippen LogP contribution in [0.1, 0.15) is 16.7 Å². The van der Waals surface area contributed by atoms with Crippen molar-refractivity contribution in [1.82, 2.24) is 0 Å². The van der Waals surface area contributed by atoms with E-state index in [4.69, 9.17) is 0 Å². The van der Waals surface area contributed by atoms with Gasteiger partial charge in [-0.1, -0.05) is 172 Å². The molecule has 0 amide bonds. The molecule has 0 saturated carbocycles. The summed E-state index contributed by atoms with van der Waals surface area (Å²) in [6.45, 7) is 16.7. The molecule has 0 saturated heterocycles. The van der Waals surface area contributed by atoms with Crippen LogP contribution in [0.25, 0.3) is 11.4 Å². The van der Waals surface area contributed by atoms with E-state index in [2.05, 4.69) is 189 Å². The maximum absolute atomic E-state index is 2.65. The second-order valence-corrected chi connectivity index (χ2v) is 22.3. The molecule has 43 heavy (non-hydrogen) atoms. The summed E-state index contributed by atoms with van der Waals surface area (Å²) in [7, 11) is -3.82. The van der Waals surface area contributed by atoms with Crippen molar-refractivity contribution in [1.29, 1.82) is 0 Å². The quantitative estimate of drug-likeness (QED) is 0.129. The summed E-state index contributed by atoms with van der Waals surface area (Å²) in [4.78, 5) is 0. The average Bonchev–Trinajstić information content (AvgIpc) is 3.00. The number of nitrogens with zero attached hydrogens (tertiary/aromatic N) is 2. The topological polar surface area (TPSA) is 6.48 Å². The van der Waals surface area contributed by atoms with Gasteiger partial charge in [-0.3, -0.25) is 0 Å². The molecule has 2 nitrogen and oxygen atoms in total. The van der Waals surface area contributed by atoms with Gasteiger partial charge in [0.15, 0.2) is 16.5 Å². The molecule has 4 heteroatoms. The lowest BCUT2D eigenvalue weighted by Crippen LogP contribution is -2.49. The largest absolute Gasteiger partial charge is 0.367 e. The van der Waals surface area contributed by atoms with Crippen LogP contribution in [0.15, 0.2) is 152 Å². The molecule has 0 atom stereocenters. The molecule has 0 aliphatic heterocycles. The van der Waals surface area contributed by atoms with E-state index < -0.39 is 16.5 Å². The van der Waals surface area contributed by atoms with Gasteiger partial charge in [0, 0.05) is 11.4 Å². The Morgan fingerprint density at radius 2 is 0.628 bits per heavy atom. The summed E-state index contributed by atoms with van der Waals surface area (Å²) in [5, 5.41) is 0. The summed E-state index contributed by atoms with van der Waals surface area (Å²) in [5.41, 5.74) is 8.84. The number of hydrogen-bond donors (Lipinski definition) is 0. The number of benzene rings is 5. The van der Waals surface area contributed by atoms with Crippen molar-refractivity contribution >= 4 is 39.2 Å². The van der Waals surface area contributed by atoms with Crippen LogP contribution in [0.3, 0.4) is 0 Å². The molecule has 0 N–H and O–H groups in total. The average molecular weight is 599 g/mol. The third kappa shape index (κ3) is 8.47. The molecule has 0 spiro atoms. The number of aryl methyl sites for hydroxylation is 1. The van der Waals surface area contributed by atoms with E-state index in [1.807, 2.05) is 18.2 Å². The Morgan fingerprint density at radius 3 is 0.860 bits per heavy atom. The smallest absolute Gasteiger partial charge is 0.153 e. The standard InChI is InChI=1S/C32H38N2Si2.C7H8/c1-35(2,3)33(29-23-15-9-16-24-29)31(27-19-11-7-12-20-27)32(28-21-13-8-14-22-28)34(36(4,5)6)30-25-17-10-18-26-30;1-7-5-3-2-4-6-7/h7-26H,1-6H3;2-6H,1H3/b32-31-;. The van der Waals surface area contributed by atoms with Gasteiger partial charge in [0.25, 0.3) is 0 Å². The maximum Gasteiger partial charge on any atom is 0.153 e. The van der Waals surface area contributed by atoms with Crippen LogP contribution in [-0.2, 0) is 0 Å². The Bertz CT molecular complexity index is 1450. The van der Waals surface area contributed by atoms with Crippen molar-refractivity contribution in [3.05, 3.63) is 168 Å². The molecule has 0 bridgehead atoms. The monoisotopic (exact) mass is 598 g/mol. The summed E-state index contributed by atoms with van der Waals surface area (Å²) >= 11 is 0. The highest BCUT2D eigenvalue weighted by Gasteiger charge is 2.36. The van der Waals surface area contributed by atoms with Gasteiger partial charge in [-0.05, 0) is 42.3 Å². The summed E-state index contributed by atoms with van der Waals surface area (Å²) < 4.78 is 5.31. The van der Waals surface area contributed by atoms with Crippen molar-refractivity contribution in [2.75, 3.05) is 9.13 Å². The van der Waals surface area contributed by atoms with E-state index in [1.165, 1.54) is 39.5 Å². The van der Waals surface area contributed by atoms with Crippen molar-refractivity contribution in [3.8, 4) is 0 Å². The molecular weight excluding hydrogens is 553 g/mol. The molecule has 5 aromatic carbocycles. The Labute approximate surface area is 262 Å². The highest BCUT2D eigenvalue weighted by atomic mass is 28.3. The molecule has 220 valence electrons. The lowest BCUT2D eigenvalue weighted by Gasteiger charge is -2.45. The minimum absolute atomic E-state index is 1.24. The predicted molar refractivity (Wildman–Crippen MR) is 195 cm³/mol. The van der Waals surface area contributed by atoms with E-state index >= 15 is 0 Å². The summed E-state index contributed by atoms with van der Waals surface area (Å²) in [6, 6.07) is 54.0. The van der Waals surface area contributed by atoms with Crippen molar-refractivity contribution in [2.24, 2.45) is 0 Å². The first-order valence-corrected chi connectivity index (χ1v) is 22.0. The fourth-order valence-electron chi connectivity index (χ4n) is 5.33. The van der Waals surface area contributed by atoms with Crippen LogP contribution in [-0.4, -0.2) is 16.5 Å². The van der Waals surface area contributed by atoms with Gasteiger partial charge in [-0.25, -0.2) is 0 Å². The molecule has 0 fully saturated rings. The minimum Gasteiger partial charge on any atom is -0.367 e. The fraction of sp³-hybridized carbons (Fsp3) is 0.179. The Hall–Kier alpha value is -4.13. The Morgan fingerprint density at radius 1 is 0.372 bits per heavy atom. The number of rotatable bonds is 8. The van der Waals surface area contributed by atoms with Crippen LogP contribution >= 0.6 is 0 Å². The summed E-state index contributed by atoms with van der Waals surface area (Å²) in [5.74, 6) is 0. The third-order valence-corrected chi connectivity index (χ3v) is 10.7. The molecule has 0 unspecified atom stereocenters. The normalized spacial score (nSPS) is 12.0. The van der Waals surface area contributed by atoms with Crippen LogP contribution in [0, 0.1) is 6.92 Å².